The van der Waals surface area contributed by atoms with Gasteiger partial charge in [0.25, 0.3) is 0 Å². The summed E-state index contributed by atoms with van der Waals surface area (Å²) >= 11 is 12.4. The van der Waals surface area contributed by atoms with Crippen molar-refractivity contribution in [2.45, 2.75) is 6.92 Å². The number of benzene rings is 2. The Kier molecular flexibility index (Phi) is 3.69. The fourth-order valence-corrected chi connectivity index (χ4v) is 2.32. The molecule has 0 amide bonds. The van der Waals surface area contributed by atoms with Gasteiger partial charge in [-0.15, -0.1) is 0 Å². The lowest BCUT2D eigenvalue weighted by molar-refractivity contribution is 0.415. The van der Waals surface area contributed by atoms with Gasteiger partial charge < -0.3 is 10.5 Å². The molecule has 0 aromatic heterocycles. The Bertz CT molecular complexity index is 597. The van der Waals surface area contributed by atoms with Gasteiger partial charge in [-0.3, -0.25) is 0 Å². The molecule has 0 saturated carbocycles. The third kappa shape index (κ3) is 2.40. The van der Waals surface area contributed by atoms with Crippen LogP contribution in [0.5, 0.6) is 5.75 Å². The normalized spacial score (nSPS) is 10.4. The van der Waals surface area contributed by atoms with E-state index in [2.05, 4.69) is 0 Å². The van der Waals surface area contributed by atoms with Crippen LogP contribution in [0.15, 0.2) is 30.3 Å². The van der Waals surface area contributed by atoms with E-state index in [1.807, 2.05) is 25.1 Å². The van der Waals surface area contributed by atoms with Crippen LogP contribution in [0.2, 0.25) is 10.0 Å². The number of rotatable bonds is 2. The van der Waals surface area contributed by atoms with E-state index in [4.69, 9.17) is 33.7 Å². The second kappa shape index (κ2) is 5.09. The second-order valence-electron chi connectivity index (χ2n) is 4.04. The van der Waals surface area contributed by atoms with E-state index >= 15 is 0 Å². The van der Waals surface area contributed by atoms with E-state index < -0.39 is 0 Å². The van der Waals surface area contributed by atoms with E-state index in [1.54, 1.807) is 19.2 Å². The first-order valence-corrected chi connectivity index (χ1v) is 6.18. The van der Waals surface area contributed by atoms with E-state index in [-0.39, 0.29) is 0 Å². The Morgan fingerprint density at radius 3 is 2.39 bits per heavy atom. The summed E-state index contributed by atoms with van der Waals surface area (Å²) < 4.78 is 5.13. The van der Waals surface area contributed by atoms with Crippen molar-refractivity contribution in [3.8, 4) is 16.9 Å². The SMILES string of the molecule is COc1cc(Cl)c(-c2cc(N)ccc2C)cc1Cl. The number of hydrogen-bond acceptors (Lipinski definition) is 2. The van der Waals surface area contributed by atoms with Crippen LogP contribution in [0.4, 0.5) is 5.69 Å². The lowest BCUT2D eigenvalue weighted by atomic mass is 10.00. The van der Waals surface area contributed by atoms with Crippen LogP contribution < -0.4 is 10.5 Å². The minimum absolute atomic E-state index is 0.527. The first kappa shape index (κ1) is 13.1. The molecular formula is C14H13Cl2NO. The molecule has 0 aliphatic heterocycles. The number of anilines is 1. The standard InChI is InChI=1S/C14H13Cl2NO/c1-8-3-4-9(17)5-10(8)11-6-13(16)14(18-2)7-12(11)15/h3-7H,17H2,1-2H3. The monoisotopic (exact) mass is 281 g/mol. The van der Waals surface area contributed by atoms with Crippen LogP contribution in [0.3, 0.4) is 0 Å². The van der Waals surface area contributed by atoms with Gasteiger partial charge in [-0.25, -0.2) is 0 Å². The number of nitrogens with two attached hydrogens (primary N) is 1. The third-order valence-electron chi connectivity index (χ3n) is 2.79. The molecule has 0 aliphatic rings. The molecule has 0 unspecified atom stereocenters. The Morgan fingerprint density at radius 1 is 1.00 bits per heavy atom. The zero-order valence-corrected chi connectivity index (χ0v) is 11.6. The molecule has 0 aliphatic carbocycles. The molecule has 2 aromatic carbocycles. The van der Waals surface area contributed by atoms with E-state index in [9.17, 15) is 0 Å². The van der Waals surface area contributed by atoms with Crippen LogP contribution in [0.25, 0.3) is 11.1 Å². The van der Waals surface area contributed by atoms with Crippen molar-refractivity contribution >= 4 is 28.9 Å². The topological polar surface area (TPSA) is 35.2 Å². The highest BCUT2D eigenvalue weighted by molar-refractivity contribution is 6.36. The predicted molar refractivity (Wildman–Crippen MR) is 77.6 cm³/mol. The third-order valence-corrected chi connectivity index (χ3v) is 3.40. The van der Waals surface area contributed by atoms with E-state index in [1.165, 1.54) is 0 Å². The van der Waals surface area contributed by atoms with Crippen LogP contribution >= 0.6 is 23.2 Å². The molecular weight excluding hydrogens is 269 g/mol. The van der Waals surface area contributed by atoms with E-state index in [0.717, 1.165) is 16.7 Å². The van der Waals surface area contributed by atoms with Gasteiger partial charge in [-0.1, -0.05) is 29.3 Å². The number of aryl methyl sites for hydroxylation is 1. The maximum atomic E-state index is 6.26. The molecule has 2 nitrogen and oxygen atoms in total. The molecule has 0 spiro atoms. The quantitative estimate of drug-likeness (QED) is 0.819. The number of nitrogen functional groups attached to an aromatic ring is 1. The summed E-state index contributed by atoms with van der Waals surface area (Å²) in [4.78, 5) is 0. The minimum Gasteiger partial charge on any atom is -0.495 e. The molecule has 2 N–H and O–H groups in total. The number of halogens is 2. The van der Waals surface area contributed by atoms with Crippen molar-refractivity contribution in [2.75, 3.05) is 12.8 Å². The van der Waals surface area contributed by atoms with Crippen LogP contribution in [0.1, 0.15) is 5.56 Å². The maximum absolute atomic E-state index is 6.26. The molecule has 0 fully saturated rings. The van der Waals surface area contributed by atoms with Crippen molar-refractivity contribution in [1.82, 2.24) is 0 Å². The fraction of sp³-hybridized carbons (Fsp3) is 0.143. The Labute approximate surface area is 116 Å². The van der Waals surface area contributed by atoms with Gasteiger partial charge in [0.2, 0.25) is 0 Å². The largest absolute Gasteiger partial charge is 0.495 e. The lowest BCUT2D eigenvalue weighted by Gasteiger charge is -2.12. The summed E-state index contributed by atoms with van der Waals surface area (Å²) in [5, 5.41) is 1.11. The first-order chi connectivity index (χ1) is 8.52. The van der Waals surface area contributed by atoms with Crippen molar-refractivity contribution in [3.63, 3.8) is 0 Å². The average Bonchev–Trinajstić information content (AvgIpc) is 2.35. The molecule has 0 bridgehead atoms. The molecule has 0 atom stereocenters. The zero-order chi connectivity index (χ0) is 13.3. The molecule has 0 radical (unpaired) electrons. The highest BCUT2D eigenvalue weighted by Crippen LogP contribution is 2.38. The predicted octanol–water partition coefficient (Wildman–Crippen LogP) is 4.56. The van der Waals surface area contributed by atoms with Gasteiger partial charge in [0.15, 0.2) is 0 Å². The van der Waals surface area contributed by atoms with Gasteiger partial charge in [0.1, 0.15) is 5.75 Å². The van der Waals surface area contributed by atoms with Crippen LogP contribution in [-0.2, 0) is 0 Å². The highest BCUT2D eigenvalue weighted by atomic mass is 35.5. The number of ether oxygens (including phenoxy) is 1. The molecule has 4 heteroatoms. The summed E-state index contributed by atoms with van der Waals surface area (Å²) in [5.41, 5.74) is 9.42. The molecule has 2 rings (SSSR count). The Balaban J connectivity index is 2.64. The molecule has 0 saturated heterocycles. The van der Waals surface area contributed by atoms with Crippen LogP contribution in [0, 0.1) is 6.92 Å². The summed E-state index contributed by atoms with van der Waals surface area (Å²) in [7, 11) is 1.56. The number of hydrogen-bond donors (Lipinski definition) is 1. The average molecular weight is 282 g/mol. The van der Waals surface area contributed by atoms with Gasteiger partial charge in [0.05, 0.1) is 17.2 Å². The van der Waals surface area contributed by atoms with Crippen molar-refractivity contribution in [1.29, 1.82) is 0 Å². The highest BCUT2D eigenvalue weighted by Gasteiger charge is 2.11. The number of methoxy groups -OCH3 is 1. The smallest absolute Gasteiger partial charge is 0.138 e. The van der Waals surface area contributed by atoms with Gasteiger partial charge >= 0.3 is 0 Å². The maximum Gasteiger partial charge on any atom is 0.138 e. The summed E-state index contributed by atoms with van der Waals surface area (Å²) in [6.45, 7) is 2.00. The summed E-state index contributed by atoms with van der Waals surface area (Å²) in [5.74, 6) is 0.562. The molecule has 0 heterocycles. The first-order valence-electron chi connectivity index (χ1n) is 5.42. The Hall–Kier alpha value is -1.38. The van der Waals surface area contributed by atoms with Crippen molar-refractivity contribution in [2.24, 2.45) is 0 Å². The molecule has 18 heavy (non-hydrogen) atoms. The summed E-state index contributed by atoms with van der Waals surface area (Å²) in [6.07, 6.45) is 0. The van der Waals surface area contributed by atoms with Gasteiger partial charge in [0, 0.05) is 17.3 Å². The Morgan fingerprint density at radius 2 is 1.72 bits per heavy atom. The molecule has 2 aromatic rings. The second-order valence-corrected chi connectivity index (χ2v) is 4.86. The zero-order valence-electron chi connectivity index (χ0n) is 10.1. The van der Waals surface area contributed by atoms with Crippen LogP contribution in [-0.4, -0.2) is 7.11 Å². The lowest BCUT2D eigenvalue weighted by Crippen LogP contribution is -1.91. The van der Waals surface area contributed by atoms with Crippen molar-refractivity contribution in [3.05, 3.63) is 45.9 Å². The summed E-state index contributed by atoms with van der Waals surface area (Å²) in [6, 6.07) is 9.21. The van der Waals surface area contributed by atoms with E-state index in [0.29, 0.717) is 21.5 Å². The fourth-order valence-electron chi connectivity index (χ4n) is 1.82. The van der Waals surface area contributed by atoms with Gasteiger partial charge in [-0.2, -0.15) is 0 Å². The minimum atomic E-state index is 0.527. The van der Waals surface area contributed by atoms with Crippen molar-refractivity contribution < 1.29 is 4.74 Å². The van der Waals surface area contributed by atoms with Gasteiger partial charge in [-0.05, 0) is 36.2 Å². The molecule has 94 valence electrons.